The summed E-state index contributed by atoms with van der Waals surface area (Å²) in [5, 5.41) is 12.2. The SMILES string of the molecule is N#CCCC#Cc1ccc(-c2nc(NN3CCS(=O)(=O)CC3)sc2-c2ccc(Cl)cc2Cl)cc1. The van der Waals surface area contributed by atoms with Crippen LogP contribution in [0.1, 0.15) is 18.4 Å². The number of benzene rings is 2. The number of nitrogens with one attached hydrogen (secondary N) is 1. The Labute approximate surface area is 213 Å². The van der Waals surface area contributed by atoms with Gasteiger partial charge in [0.05, 0.1) is 33.2 Å². The van der Waals surface area contributed by atoms with Crippen LogP contribution in [0.5, 0.6) is 0 Å². The number of thiazole rings is 1. The molecule has 0 aliphatic carbocycles. The number of halogens is 2. The number of hydrogen-bond donors (Lipinski definition) is 1. The van der Waals surface area contributed by atoms with E-state index in [1.54, 1.807) is 12.1 Å². The fourth-order valence-electron chi connectivity index (χ4n) is 3.37. The molecule has 2 aromatic carbocycles. The first-order valence-electron chi connectivity index (χ1n) is 10.5. The number of sulfone groups is 1. The lowest BCUT2D eigenvalue weighted by atomic mass is 10.1. The zero-order valence-electron chi connectivity index (χ0n) is 18.0. The number of hydrazine groups is 1. The molecule has 1 N–H and O–H groups in total. The van der Waals surface area contributed by atoms with Gasteiger partial charge in [-0.15, -0.1) is 0 Å². The lowest BCUT2D eigenvalue weighted by Gasteiger charge is -2.26. The zero-order chi connectivity index (χ0) is 24.1. The summed E-state index contributed by atoms with van der Waals surface area (Å²) < 4.78 is 23.5. The average Bonchev–Trinajstić information content (AvgIpc) is 3.22. The quantitative estimate of drug-likeness (QED) is 0.346. The van der Waals surface area contributed by atoms with Gasteiger partial charge < -0.3 is 0 Å². The molecule has 0 radical (unpaired) electrons. The summed E-state index contributed by atoms with van der Waals surface area (Å²) in [7, 11) is -2.98. The maximum atomic E-state index is 11.8. The van der Waals surface area contributed by atoms with Crippen molar-refractivity contribution in [3.05, 3.63) is 58.1 Å². The van der Waals surface area contributed by atoms with E-state index in [0.29, 0.717) is 41.1 Å². The number of nitriles is 1. The Kier molecular flexibility index (Phi) is 7.77. The van der Waals surface area contributed by atoms with Crippen LogP contribution in [0.25, 0.3) is 21.7 Å². The number of hydrogen-bond acceptors (Lipinski definition) is 7. The molecule has 4 rings (SSSR count). The van der Waals surface area contributed by atoms with Gasteiger partial charge in [-0.2, -0.15) is 5.26 Å². The second kappa shape index (κ2) is 10.8. The molecular formula is C24H20Cl2N4O2S2. The molecule has 0 spiro atoms. The molecular weight excluding hydrogens is 511 g/mol. The van der Waals surface area contributed by atoms with Gasteiger partial charge in [-0.1, -0.05) is 64.6 Å². The Morgan fingerprint density at radius 1 is 1.09 bits per heavy atom. The van der Waals surface area contributed by atoms with E-state index >= 15 is 0 Å². The second-order valence-corrected chi connectivity index (χ2v) is 11.8. The number of anilines is 1. The van der Waals surface area contributed by atoms with E-state index in [1.807, 2.05) is 35.3 Å². The molecule has 1 fully saturated rings. The van der Waals surface area contributed by atoms with Crippen molar-refractivity contribution >= 4 is 49.5 Å². The van der Waals surface area contributed by atoms with Gasteiger partial charge in [0.15, 0.2) is 15.0 Å². The van der Waals surface area contributed by atoms with E-state index in [9.17, 15) is 8.42 Å². The van der Waals surface area contributed by atoms with Gasteiger partial charge >= 0.3 is 0 Å². The van der Waals surface area contributed by atoms with Crippen molar-refractivity contribution in [3.8, 4) is 39.6 Å². The first-order valence-corrected chi connectivity index (χ1v) is 13.9. The van der Waals surface area contributed by atoms with Gasteiger partial charge in [0.25, 0.3) is 0 Å². The van der Waals surface area contributed by atoms with Crippen molar-refractivity contribution in [2.75, 3.05) is 30.0 Å². The first kappa shape index (κ1) is 24.5. The third kappa shape index (κ3) is 6.09. The molecule has 6 nitrogen and oxygen atoms in total. The van der Waals surface area contributed by atoms with Crippen molar-refractivity contribution in [3.63, 3.8) is 0 Å². The van der Waals surface area contributed by atoms with Gasteiger partial charge in [-0.25, -0.2) is 18.4 Å². The average molecular weight is 531 g/mol. The summed E-state index contributed by atoms with van der Waals surface area (Å²) in [6.45, 7) is 0.793. The molecule has 0 saturated carbocycles. The minimum Gasteiger partial charge on any atom is -0.294 e. The second-order valence-electron chi connectivity index (χ2n) is 7.61. The molecule has 1 aliphatic heterocycles. The molecule has 0 unspecified atom stereocenters. The smallest absolute Gasteiger partial charge is 0.198 e. The van der Waals surface area contributed by atoms with Gasteiger partial charge in [0.1, 0.15) is 0 Å². The maximum absolute atomic E-state index is 11.8. The molecule has 10 heteroatoms. The number of aromatic nitrogens is 1. The summed E-state index contributed by atoms with van der Waals surface area (Å²) in [6.07, 6.45) is 0.949. The van der Waals surface area contributed by atoms with Gasteiger partial charge in [-0.3, -0.25) is 5.43 Å². The highest BCUT2D eigenvalue weighted by atomic mass is 35.5. The standard InChI is InChI=1S/C24H20Cl2N4O2S2/c25-19-9-10-20(21(26)16-19)23-22(18-7-5-17(6-8-18)4-2-1-3-11-27)28-24(33-23)29-30-12-14-34(31,32)15-13-30/h5-10,16H,1,3,12-15H2,(H,28,29). The zero-order valence-corrected chi connectivity index (χ0v) is 21.2. The molecule has 34 heavy (non-hydrogen) atoms. The van der Waals surface area contributed by atoms with E-state index in [4.69, 9.17) is 33.4 Å². The number of unbranched alkanes of at least 4 members (excludes halogenated alkanes) is 1. The Morgan fingerprint density at radius 3 is 2.50 bits per heavy atom. The highest BCUT2D eigenvalue weighted by molar-refractivity contribution is 7.91. The Morgan fingerprint density at radius 2 is 1.82 bits per heavy atom. The van der Waals surface area contributed by atoms with E-state index < -0.39 is 9.84 Å². The number of nitrogens with zero attached hydrogens (tertiary/aromatic N) is 3. The minimum atomic E-state index is -2.98. The molecule has 174 valence electrons. The third-order valence-electron chi connectivity index (χ3n) is 5.15. The fraction of sp³-hybridized carbons (Fsp3) is 0.250. The summed E-state index contributed by atoms with van der Waals surface area (Å²) >= 11 is 14.1. The Bertz CT molecular complexity index is 1390. The largest absolute Gasteiger partial charge is 0.294 e. The van der Waals surface area contributed by atoms with Crippen LogP contribution in [0.2, 0.25) is 10.0 Å². The predicted molar refractivity (Wildman–Crippen MR) is 139 cm³/mol. The molecule has 1 aliphatic rings. The molecule has 3 aromatic rings. The van der Waals surface area contributed by atoms with Crippen molar-refractivity contribution in [1.29, 1.82) is 5.26 Å². The topological polar surface area (TPSA) is 86.1 Å². The highest BCUT2D eigenvalue weighted by Crippen LogP contribution is 2.42. The molecule has 0 amide bonds. The Balaban J connectivity index is 1.66. The number of rotatable bonds is 5. The third-order valence-corrected chi connectivity index (χ3v) is 8.30. The summed E-state index contributed by atoms with van der Waals surface area (Å²) in [6, 6.07) is 15.2. The van der Waals surface area contributed by atoms with Gasteiger partial charge in [0, 0.05) is 47.6 Å². The van der Waals surface area contributed by atoms with Crippen LogP contribution in [0.3, 0.4) is 0 Å². The predicted octanol–water partition coefficient (Wildman–Crippen LogP) is 5.50. The summed E-state index contributed by atoms with van der Waals surface area (Å²) in [4.78, 5) is 5.70. The van der Waals surface area contributed by atoms with Gasteiger partial charge in [-0.05, 0) is 24.3 Å². The molecule has 0 bridgehead atoms. The molecule has 1 aromatic heterocycles. The molecule has 2 heterocycles. The van der Waals surface area contributed by atoms with Crippen LogP contribution < -0.4 is 5.43 Å². The highest BCUT2D eigenvalue weighted by Gasteiger charge is 2.23. The van der Waals surface area contributed by atoms with E-state index in [1.165, 1.54) is 11.3 Å². The van der Waals surface area contributed by atoms with Crippen LogP contribution in [-0.2, 0) is 9.84 Å². The van der Waals surface area contributed by atoms with Crippen LogP contribution >= 0.6 is 34.5 Å². The Hall–Kier alpha value is -2.59. The fourth-order valence-corrected chi connectivity index (χ4v) is 6.19. The summed E-state index contributed by atoms with van der Waals surface area (Å²) in [5.74, 6) is 6.29. The molecule has 0 atom stereocenters. The van der Waals surface area contributed by atoms with Crippen molar-refractivity contribution < 1.29 is 8.42 Å². The monoisotopic (exact) mass is 530 g/mol. The van der Waals surface area contributed by atoms with E-state index in [-0.39, 0.29) is 11.5 Å². The van der Waals surface area contributed by atoms with E-state index in [2.05, 4.69) is 23.3 Å². The maximum Gasteiger partial charge on any atom is 0.198 e. The van der Waals surface area contributed by atoms with Crippen LogP contribution in [-0.4, -0.2) is 43.0 Å². The van der Waals surface area contributed by atoms with Crippen LogP contribution in [0.4, 0.5) is 5.13 Å². The van der Waals surface area contributed by atoms with Crippen molar-refractivity contribution in [2.24, 2.45) is 0 Å². The summed E-state index contributed by atoms with van der Waals surface area (Å²) in [5.41, 5.74) is 6.58. The lowest BCUT2D eigenvalue weighted by molar-refractivity contribution is 0.354. The minimum absolute atomic E-state index is 0.116. The first-order chi connectivity index (χ1) is 16.3. The van der Waals surface area contributed by atoms with E-state index in [0.717, 1.165) is 27.3 Å². The van der Waals surface area contributed by atoms with Crippen LogP contribution in [0.15, 0.2) is 42.5 Å². The molecule has 1 saturated heterocycles. The van der Waals surface area contributed by atoms with Crippen LogP contribution in [0, 0.1) is 23.2 Å². The van der Waals surface area contributed by atoms with Gasteiger partial charge in [0.2, 0.25) is 0 Å². The van der Waals surface area contributed by atoms with Crippen molar-refractivity contribution in [2.45, 2.75) is 12.8 Å². The van der Waals surface area contributed by atoms with Crippen molar-refractivity contribution in [1.82, 2.24) is 9.99 Å². The normalized spacial score (nSPS) is 15.2. The lowest BCUT2D eigenvalue weighted by Crippen LogP contribution is -2.43.